The smallest absolute Gasteiger partial charge is 0.257 e. The van der Waals surface area contributed by atoms with Crippen molar-refractivity contribution in [3.05, 3.63) is 47.0 Å². The van der Waals surface area contributed by atoms with Crippen LogP contribution in [0.4, 0.5) is 5.82 Å². The maximum absolute atomic E-state index is 12.2. The minimum atomic E-state index is -0.156. The second kappa shape index (κ2) is 4.84. The quantitative estimate of drug-likeness (QED) is 0.741. The van der Waals surface area contributed by atoms with Gasteiger partial charge in [-0.05, 0) is 24.3 Å². The molecular formula is C16H14N4O2. The van der Waals surface area contributed by atoms with Crippen molar-refractivity contribution in [3.63, 3.8) is 0 Å². The molecule has 1 aliphatic rings. The third kappa shape index (κ3) is 2.00. The van der Waals surface area contributed by atoms with Crippen molar-refractivity contribution in [2.75, 3.05) is 25.1 Å². The zero-order valence-corrected chi connectivity index (χ0v) is 12.0. The predicted octanol–water partition coefficient (Wildman–Crippen LogP) is 1.81. The third-order valence-electron chi connectivity index (χ3n) is 3.80. The van der Waals surface area contributed by atoms with Gasteiger partial charge in [0.05, 0.1) is 23.1 Å². The molecule has 0 saturated heterocycles. The molecule has 0 aromatic carbocycles. The molecule has 3 aromatic rings. The van der Waals surface area contributed by atoms with Crippen LogP contribution in [0.15, 0.2) is 41.5 Å². The van der Waals surface area contributed by atoms with Crippen LogP contribution in [0.2, 0.25) is 0 Å². The number of likely N-dealkylation sites (N-methyl/N-ethyl adjacent to an activating group) is 1. The monoisotopic (exact) mass is 294 g/mol. The van der Waals surface area contributed by atoms with Gasteiger partial charge in [0.2, 0.25) is 0 Å². The van der Waals surface area contributed by atoms with Gasteiger partial charge in [-0.15, -0.1) is 0 Å². The van der Waals surface area contributed by atoms with Crippen LogP contribution in [-0.2, 0) is 0 Å². The standard InChI is InChI=1S/C16H14N4O2/c1-20-5-6-22-14-7-10(9-18-15(14)20)12-8-13-11(16(21)19-12)3-2-4-17-13/h2-4,7-9H,5-6H2,1H3,(H,19,21). The number of aromatic amines is 1. The van der Waals surface area contributed by atoms with Crippen molar-refractivity contribution in [2.45, 2.75) is 0 Å². The molecule has 0 spiro atoms. The van der Waals surface area contributed by atoms with E-state index in [0.717, 1.165) is 23.7 Å². The first-order valence-electron chi connectivity index (χ1n) is 7.05. The summed E-state index contributed by atoms with van der Waals surface area (Å²) in [5.74, 6) is 1.55. The highest BCUT2D eigenvalue weighted by Gasteiger charge is 2.17. The van der Waals surface area contributed by atoms with Crippen LogP contribution >= 0.6 is 0 Å². The lowest BCUT2D eigenvalue weighted by molar-refractivity contribution is 0.309. The number of aromatic nitrogens is 3. The molecule has 1 N–H and O–H groups in total. The van der Waals surface area contributed by atoms with E-state index in [4.69, 9.17) is 4.74 Å². The number of nitrogens with zero attached hydrogens (tertiary/aromatic N) is 3. The van der Waals surface area contributed by atoms with Crippen molar-refractivity contribution in [1.29, 1.82) is 0 Å². The van der Waals surface area contributed by atoms with Crippen molar-refractivity contribution < 1.29 is 4.74 Å². The number of H-pyrrole nitrogens is 1. The zero-order valence-electron chi connectivity index (χ0n) is 12.0. The fourth-order valence-corrected chi connectivity index (χ4v) is 2.62. The molecule has 0 bridgehead atoms. The van der Waals surface area contributed by atoms with Crippen LogP contribution in [0.3, 0.4) is 0 Å². The molecule has 1 aliphatic heterocycles. The van der Waals surface area contributed by atoms with Gasteiger partial charge in [0, 0.05) is 25.0 Å². The van der Waals surface area contributed by atoms with E-state index in [1.807, 2.05) is 24.1 Å². The van der Waals surface area contributed by atoms with Gasteiger partial charge < -0.3 is 14.6 Å². The summed E-state index contributed by atoms with van der Waals surface area (Å²) in [7, 11) is 1.98. The highest BCUT2D eigenvalue weighted by Crippen LogP contribution is 2.32. The summed E-state index contributed by atoms with van der Waals surface area (Å²) < 4.78 is 5.66. The van der Waals surface area contributed by atoms with E-state index >= 15 is 0 Å². The summed E-state index contributed by atoms with van der Waals surface area (Å²) in [6.07, 6.45) is 3.42. The van der Waals surface area contributed by atoms with Crippen LogP contribution in [0.25, 0.3) is 22.2 Å². The average molecular weight is 294 g/mol. The number of hydrogen-bond acceptors (Lipinski definition) is 5. The Labute approximate surface area is 126 Å². The van der Waals surface area contributed by atoms with Crippen molar-refractivity contribution in [3.8, 4) is 17.0 Å². The molecule has 0 atom stereocenters. The Balaban J connectivity index is 1.87. The molecule has 0 unspecified atom stereocenters. The molecule has 6 heteroatoms. The van der Waals surface area contributed by atoms with E-state index in [2.05, 4.69) is 15.0 Å². The molecular weight excluding hydrogens is 280 g/mol. The Bertz CT molecular complexity index is 919. The summed E-state index contributed by atoms with van der Waals surface area (Å²) >= 11 is 0. The summed E-state index contributed by atoms with van der Waals surface area (Å²) in [6, 6.07) is 7.26. The lowest BCUT2D eigenvalue weighted by Gasteiger charge is -2.26. The molecule has 6 nitrogen and oxygen atoms in total. The fraction of sp³-hybridized carbons (Fsp3) is 0.188. The van der Waals surface area contributed by atoms with E-state index in [-0.39, 0.29) is 5.56 Å². The largest absolute Gasteiger partial charge is 0.488 e. The fourth-order valence-electron chi connectivity index (χ4n) is 2.62. The van der Waals surface area contributed by atoms with Gasteiger partial charge in [-0.3, -0.25) is 9.78 Å². The zero-order chi connectivity index (χ0) is 15.1. The van der Waals surface area contributed by atoms with E-state index < -0.39 is 0 Å². The van der Waals surface area contributed by atoms with Crippen molar-refractivity contribution in [1.82, 2.24) is 15.0 Å². The van der Waals surface area contributed by atoms with Crippen molar-refractivity contribution >= 4 is 16.7 Å². The third-order valence-corrected chi connectivity index (χ3v) is 3.80. The molecule has 0 radical (unpaired) electrons. The number of fused-ring (bicyclic) bond motifs is 2. The first-order chi connectivity index (χ1) is 10.7. The maximum Gasteiger partial charge on any atom is 0.257 e. The Hall–Kier alpha value is -2.89. The van der Waals surface area contributed by atoms with E-state index in [9.17, 15) is 4.79 Å². The summed E-state index contributed by atoms with van der Waals surface area (Å²) in [5.41, 5.74) is 2.00. The first kappa shape index (κ1) is 12.8. The Morgan fingerprint density at radius 3 is 3.14 bits per heavy atom. The number of nitrogens with one attached hydrogen (secondary N) is 1. The Kier molecular flexibility index (Phi) is 2.82. The molecule has 0 amide bonds. The van der Waals surface area contributed by atoms with Gasteiger partial charge in [-0.2, -0.15) is 0 Å². The highest BCUT2D eigenvalue weighted by molar-refractivity contribution is 5.81. The molecule has 0 aliphatic carbocycles. The van der Waals surface area contributed by atoms with Gasteiger partial charge in [-0.1, -0.05) is 0 Å². The summed E-state index contributed by atoms with van der Waals surface area (Å²) in [4.78, 5) is 25.8. The van der Waals surface area contributed by atoms with Crippen LogP contribution in [0.1, 0.15) is 0 Å². The minimum Gasteiger partial charge on any atom is -0.488 e. The number of hydrogen-bond donors (Lipinski definition) is 1. The number of ether oxygens (including phenoxy) is 1. The van der Waals surface area contributed by atoms with Gasteiger partial charge in [0.15, 0.2) is 11.6 Å². The molecule has 4 rings (SSSR count). The van der Waals surface area contributed by atoms with E-state index in [0.29, 0.717) is 23.2 Å². The second-order valence-electron chi connectivity index (χ2n) is 5.26. The van der Waals surface area contributed by atoms with Crippen LogP contribution < -0.4 is 15.2 Å². The molecule has 4 heterocycles. The van der Waals surface area contributed by atoms with Gasteiger partial charge in [0.25, 0.3) is 5.56 Å². The first-order valence-corrected chi connectivity index (χ1v) is 7.05. The van der Waals surface area contributed by atoms with E-state index in [1.165, 1.54) is 0 Å². The molecule has 110 valence electrons. The highest BCUT2D eigenvalue weighted by atomic mass is 16.5. The van der Waals surface area contributed by atoms with Crippen LogP contribution in [-0.4, -0.2) is 35.2 Å². The van der Waals surface area contributed by atoms with Crippen LogP contribution in [0.5, 0.6) is 5.75 Å². The van der Waals surface area contributed by atoms with Gasteiger partial charge in [0.1, 0.15) is 6.61 Å². The average Bonchev–Trinajstić information content (AvgIpc) is 2.55. The topological polar surface area (TPSA) is 71.1 Å². The molecule has 22 heavy (non-hydrogen) atoms. The Morgan fingerprint density at radius 1 is 1.32 bits per heavy atom. The lowest BCUT2D eigenvalue weighted by atomic mass is 10.1. The normalized spacial score (nSPS) is 13.8. The SMILES string of the molecule is CN1CCOc2cc(-c3cc4ncccc4c(=O)[nH]3)cnc21. The van der Waals surface area contributed by atoms with Crippen LogP contribution in [0, 0.1) is 0 Å². The second-order valence-corrected chi connectivity index (χ2v) is 5.26. The van der Waals surface area contributed by atoms with Gasteiger partial charge >= 0.3 is 0 Å². The van der Waals surface area contributed by atoms with E-state index in [1.54, 1.807) is 24.5 Å². The molecule has 0 saturated carbocycles. The number of rotatable bonds is 1. The number of pyridine rings is 3. The molecule has 0 fully saturated rings. The van der Waals surface area contributed by atoms with Crippen molar-refractivity contribution in [2.24, 2.45) is 0 Å². The minimum absolute atomic E-state index is 0.156. The number of anilines is 1. The Morgan fingerprint density at radius 2 is 2.23 bits per heavy atom. The van der Waals surface area contributed by atoms with Gasteiger partial charge in [-0.25, -0.2) is 4.98 Å². The molecule has 3 aromatic heterocycles. The summed E-state index contributed by atoms with van der Waals surface area (Å²) in [5, 5.41) is 0.577. The predicted molar refractivity (Wildman–Crippen MR) is 84.4 cm³/mol. The summed E-state index contributed by atoms with van der Waals surface area (Å²) in [6.45, 7) is 1.44. The maximum atomic E-state index is 12.2. The lowest BCUT2D eigenvalue weighted by Crippen LogP contribution is -2.29.